The molecule has 0 saturated heterocycles. The number of halogens is 1. The fourth-order valence-electron chi connectivity index (χ4n) is 2.26. The molecule has 1 nitrogen and oxygen atoms in total. The average Bonchev–Trinajstić information content (AvgIpc) is 2.41. The van der Waals surface area contributed by atoms with Gasteiger partial charge in [0.15, 0.2) is 0 Å². The maximum atomic E-state index is 10.2. The van der Waals surface area contributed by atoms with Crippen molar-refractivity contribution in [1.29, 1.82) is 0 Å². The summed E-state index contributed by atoms with van der Waals surface area (Å²) in [6.45, 7) is 4.10. The number of rotatable bonds is 5. The van der Waals surface area contributed by atoms with Crippen molar-refractivity contribution in [2.45, 2.75) is 39.2 Å². The first-order valence-electron chi connectivity index (χ1n) is 7.03. The van der Waals surface area contributed by atoms with Crippen LogP contribution in [0.5, 0.6) is 0 Å². The molecule has 0 spiro atoms. The van der Waals surface area contributed by atoms with Crippen molar-refractivity contribution in [3.63, 3.8) is 0 Å². The highest BCUT2D eigenvalue weighted by molar-refractivity contribution is 6.31. The van der Waals surface area contributed by atoms with E-state index in [1.807, 2.05) is 25.1 Å². The Balaban J connectivity index is 1.89. The summed E-state index contributed by atoms with van der Waals surface area (Å²) < 4.78 is 0. The Morgan fingerprint density at radius 1 is 1.00 bits per heavy atom. The molecule has 2 aromatic carbocycles. The van der Waals surface area contributed by atoms with Gasteiger partial charge in [-0.05, 0) is 55.9 Å². The van der Waals surface area contributed by atoms with Crippen LogP contribution in [0.1, 0.15) is 28.7 Å². The van der Waals surface area contributed by atoms with Crippen LogP contribution in [-0.4, -0.2) is 11.2 Å². The van der Waals surface area contributed by atoms with E-state index < -0.39 is 0 Å². The number of aryl methyl sites for hydroxylation is 3. The third-order valence-corrected chi connectivity index (χ3v) is 3.90. The maximum absolute atomic E-state index is 10.2. The highest BCUT2D eigenvalue weighted by atomic mass is 35.5. The number of hydrogen-bond acceptors (Lipinski definition) is 1. The zero-order valence-corrected chi connectivity index (χ0v) is 12.8. The van der Waals surface area contributed by atoms with Gasteiger partial charge in [-0.1, -0.05) is 53.6 Å². The molecule has 0 fully saturated rings. The molecule has 2 aromatic rings. The second kappa shape index (κ2) is 6.92. The van der Waals surface area contributed by atoms with Gasteiger partial charge in [-0.3, -0.25) is 0 Å². The molecule has 0 aliphatic heterocycles. The van der Waals surface area contributed by atoms with Crippen molar-refractivity contribution in [2.75, 3.05) is 0 Å². The summed E-state index contributed by atoms with van der Waals surface area (Å²) in [7, 11) is 0. The van der Waals surface area contributed by atoms with Gasteiger partial charge in [0.2, 0.25) is 0 Å². The Kier molecular flexibility index (Phi) is 5.22. The minimum Gasteiger partial charge on any atom is -0.393 e. The smallest absolute Gasteiger partial charge is 0.0584 e. The second-order valence-corrected chi connectivity index (χ2v) is 5.88. The molecular formula is C18H21ClO. The first kappa shape index (κ1) is 15.1. The highest BCUT2D eigenvalue weighted by Crippen LogP contribution is 2.20. The Morgan fingerprint density at radius 2 is 1.65 bits per heavy atom. The van der Waals surface area contributed by atoms with E-state index in [9.17, 15) is 5.11 Å². The number of hydrogen-bond donors (Lipinski definition) is 1. The summed E-state index contributed by atoms with van der Waals surface area (Å²) in [6.07, 6.45) is 1.92. The Labute approximate surface area is 126 Å². The van der Waals surface area contributed by atoms with Gasteiger partial charge in [-0.15, -0.1) is 0 Å². The molecule has 0 amide bonds. The molecule has 1 atom stereocenters. The fraction of sp³-hybridized carbons (Fsp3) is 0.333. The standard InChI is InChI=1S/C18H21ClO/c1-13-3-6-15(7-4-13)8-10-17(20)12-16-9-5-14(2)11-18(16)19/h3-7,9,11,17,20H,8,10,12H2,1-2H3. The van der Waals surface area contributed by atoms with E-state index in [1.54, 1.807) is 0 Å². The van der Waals surface area contributed by atoms with Crippen LogP contribution in [0.2, 0.25) is 5.02 Å². The first-order chi connectivity index (χ1) is 9.54. The lowest BCUT2D eigenvalue weighted by Crippen LogP contribution is -2.12. The lowest BCUT2D eigenvalue weighted by atomic mass is 10.00. The van der Waals surface area contributed by atoms with Crippen molar-refractivity contribution in [3.8, 4) is 0 Å². The van der Waals surface area contributed by atoms with Crippen molar-refractivity contribution in [3.05, 3.63) is 69.7 Å². The minimum atomic E-state index is -0.350. The van der Waals surface area contributed by atoms with Crippen molar-refractivity contribution < 1.29 is 5.11 Å². The molecule has 0 aliphatic carbocycles. The van der Waals surface area contributed by atoms with Crippen LogP contribution in [0, 0.1) is 13.8 Å². The molecule has 1 N–H and O–H groups in total. The maximum Gasteiger partial charge on any atom is 0.0584 e. The third-order valence-electron chi connectivity index (χ3n) is 3.55. The van der Waals surface area contributed by atoms with E-state index in [0.29, 0.717) is 6.42 Å². The summed E-state index contributed by atoms with van der Waals surface area (Å²) in [5.41, 5.74) is 4.70. The lowest BCUT2D eigenvalue weighted by molar-refractivity contribution is 0.165. The van der Waals surface area contributed by atoms with Gasteiger partial charge < -0.3 is 5.11 Å². The Bertz CT molecular complexity index is 560. The number of aliphatic hydroxyl groups excluding tert-OH is 1. The van der Waals surface area contributed by atoms with E-state index >= 15 is 0 Å². The van der Waals surface area contributed by atoms with Gasteiger partial charge >= 0.3 is 0 Å². The Hall–Kier alpha value is -1.31. The minimum absolute atomic E-state index is 0.350. The lowest BCUT2D eigenvalue weighted by Gasteiger charge is -2.12. The summed E-state index contributed by atoms with van der Waals surface area (Å²) >= 11 is 6.20. The zero-order chi connectivity index (χ0) is 14.5. The van der Waals surface area contributed by atoms with Crippen molar-refractivity contribution in [2.24, 2.45) is 0 Å². The molecule has 0 heterocycles. The van der Waals surface area contributed by atoms with Crippen LogP contribution in [0.25, 0.3) is 0 Å². The van der Waals surface area contributed by atoms with Gasteiger partial charge in [0.05, 0.1) is 6.10 Å². The van der Waals surface area contributed by atoms with E-state index in [-0.39, 0.29) is 6.10 Å². The quantitative estimate of drug-likeness (QED) is 0.859. The molecule has 2 rings (SSSR count). The van der Waals surface area contributed by atoms with Crippen LogP contribution in [0.15, 0.2) is 42.5 Å². The summed E-state index contributed by atoms with van der Waals surface area (Å²) in [5, 5.41) is 10.9. The van der Waals surface area contributed by atoms with Gasteiger partial charge in [-0.2, -0.15) is 0 Å². The van der Waals surface area contributed by atoms with Crippen molar-refractivity contribution >= 4 is 11.6 Å². The van der Waals surface area contributed by atoms with E-state index in [2.05, 4.69) is 31.2 Å². The molecular weight excluding hydrogens is 268 g/mol. The molecule has 0 saturated carbocycles. The van der Waals surface area contributed by atoms with Crippen LogP contribution < -0.4 is 0 Å². The molecule has 1 unspecified atom stereocenters. The SMILES string of the molecule is Cc1ccc(CCC(O)Cc2ccc(C)cc2Cl)cc1. The molecule has 0 bridgehead atoms. The second-order valence-electron chi connectivity index (χ2n) is 5.48. The predicted octanol–water partition coefficient (Wildman–Crippen LogP) is 4.49. The predicted molar refractivity (Wildman–Crippen MR) is 85.4 cm³/mol. The van der Waals surface area contributed by atoms with Gasteiger partial charge in [-0.25, -0.2) is 0 Å². The Morgan fingerprint density at radius 3 is 2.30 bits per heavy atom. The zero-order valence-electron chi connectivity index (χ0n) is 12.1. The summed E-state index contributed by atoms with van der Waals surface area (Å²) in [6, 6.07) is 14.5. The summed E-state index contributed by atoms with van der Waals surface area (Å²) in [4.78, 5) is 0. The molecule has 106 valence electrons. The van der Waals surface area contributed by atoms with Crippen molar-refractivity contribution in [1.82, 2.24) is 0 Å². The average molecular weight is 289 g/mol. The largest absolute Gasteiger partial charge is 0.393 e. The number of benzene rings is 2. The third kappa shape index (κ3) is 4.36. The van der Waals surface area contributed by atoms with E-state index in [4.69, 9.17) is 11.6 Å². The van der Waals surface area contributed by atoms with E-state index in [0.717, 1.165) is 29.0 Å². The molecule has 20 heavy (non-hydrogen) atoms. The van der Waals surface area contributed by atoms with Gasteiger partial charge in [0, 0.05) is 5.02 Å². The summed E-state index contributed by atoms with van der Waals surface area (Å²) in [5.74, 6) is 0. The van der Waals surface area contributed by atoms with Crippen LogP contribution in [0.4, 0.5) is 0 Å². The number of aliphatic hydroxyl groups is 1. The fourth-order valence-corrected chi connectivity index (χ4v) is 2.57. The monoisotopic (exact) mass is 288 g/mol. The van der Waals surface area contributed by atoms with E-state index in [1.165, 1.54) is 11.1 Å². The molecule has 0 aliphatic rings. The molecule has 2 heteroatoms. The first-order valence-corrected chi connectivity index (χ1v) is 7.41. The highest BCUT2D eigenvalue weighted by Gasteiger charge is 2.09. The van der Waals surface area contributed by atoms with Crippen LogP contribution in [0.3, 0.4) is 0 Å². The molecule has 0 radical (unpaired) electrons. The van der Waals surface area contributed by atoms with Gasteiger partial charge in [0.1, 0.15) is 0 Å². The normalized spacial score (nSPS) is 12.4. The topological polar surface area (TPSA) is 20.2 Å². The van der Waals surface area contributed by atoms with Gasteiger partial charge in [0.25, 0.3) is 0 Å². The van der Waals surface area contributed by atoms with Crippen LogP contribution >= 0.6 is 11.6 Å². The molecule has 0 aromatic heterocycles. The van der Waals surface area contributed by atoms with Crippen LogP contribution in [-0.2, 0) is 12.8 Å².